The van der Waals surface area contributed by atoms with Crippen molar-refractivity contribution in [2.75, 3.05) is 33.9 Å². The Morgan fingerprint density at radius 2 is 2.15 bits per heavy atom. The summed E-state index contributed by atoms with van der Waals surface area (Å²) < 4.78 is 10.1. The van der Waals surface area contributed by atoms with Crippen LogP contribution in [0.1, 0.15) is 19.8 Å². The summed E-state index contributed by atoms with van der Waals surface area (Å²) in [6.45, 7) is 3.13. The van der Waals surface area contributed by atoms with Crippen LogP contribution in [0.5, 0.6) is 0 Å². The Hall–Kier alpha value is -1.34. The minimum atomic E-state index is -0.952. The van der Waals surface area contributed by atoms with Crippen LogP contribution in [0.3, 0.4) is 0 Å². The Bertz CT molecular complexity index is 337. The highest BCUT2D eigenvalue weighted by Crippen LogP contribution is 2.22. The Kier molecular flexibility index (Phi) is 6.74. The van der Waals surface area contributed by atoms with Crippen LogP contribution < -0.4 is 5.32 Å². The molecule has 1 saturated heterocycles. The van der Waals surface area contributed by atoms with Crippen molar-refractivity contribution in [3.05, 3.63) is 0 Å². The Labute approximate surface area is 119 Å². The lowest BCUT2D eigenvalue weighted by Gasteiger charge is -2.36. The predicted molar refractivity (Wildman–Crippen MR) is 72.6 cm³/mol. The van der Waals surface area contributed by atoms with Crippen LogP contribution in [0.4, 0.5) is 4.79 Å². The fourth-order valence-electron chi connectivity index (χ4n) is 2.32. The highest BCUT2D eigenvalue weighted by Gasteiger charge is 2.34. The summed E-state index contributed by atoms with van der Waals surface area (Å²) in [7, 11) is 3.10. The molecule has 1 aliphatic heterocycles. The van der Waals surface area contributed by atoms with Crippen molar-refractivity contribution in [2.24, 2.45) is 5.92 Å². The second-order valence-corrected chi connectivity index (χ2v) is 5.18. The Balaban J connectivity index is 2.54. The molecule has 0 aromatic carbocycles. The van der Waals surface area contributed by atoms with E-state index in [1.807, 2.05) is 6.92 Å². The van der Waals surface area contributed by atoms with Crippen LogP contribution in [0.25, 0.3) is 0 Å². The predicted octanol–water partition coefficient (Wildman–Crippen LogP) is 0.543. The number of nitrogens with zero attached hydrogens (tertiary/aromatic N) is 1. The maximum Gasteiger partial charge on any atom is 0.326 e. The fourth-order valence-corrected chi connectivity index (χ4v) is 2.32. The molecule has 0 aromatic rings. The first kappa shape index (κ1) is 16.7. The van der Waals surface area contributed by atoms with Crippen molar-refractivity contribution in [3.8, 4) is 0 Å². The number of hydrogen-bond donors (Lipinski definition) is 2. The number of carboxylic acids is 1. The number of urea groups is 1. The van der Waals surface area contributed by atoms with E-state index in [0.29, 0.717) is 32.0 Å². The van der Waals surface area contributed by atoms with Crippen LogP contribution >= 0.6 is 0 Å². The van der Waals surface area contributed by atoms with Crippen molar-refractivity contribution in [2.45, 2.75) is 31.9 Å². The number of nitrogens with one attached hydrogen (secondary N) is 1. The van der Waals surface area contributed by atoms with E-state index in [0.717, 1.165) is 6.42 Å². The van der Waals surface area contributed by atoms with E-state index < -0.39 is 12.0 Å². The lowest BCUT2D eigenvalue weighted by molar-refractivity contribution is -0.143. The summed E-state index contributed by atoms with van der Waals surface area (Å²) in [6.07, 6.45) is 1.08. The molecule has 0 aliphatic carbocycles. The highest BCUT2D eigenvalue weighted by atomic mass is 16.5. The van der Waals surface area contributed by atoms with Crippen LogP contribution in [0.2, 0.25) is 0 Å². The van der Waals surface area contributed by atoms with Crippen LogP contribution in [0, 0.1) is 5.92 Å². The SMILES string of the molecule is COCC(CNC(=O)N1CCC(C)CC1C(=O)O)OC. The minimum Gasteiger partial charge on any atom is -0.480 e. The number of amides is 2. The molecule has 0 aromatic heterocycles. The number of piperidine rings is 1. The zero-order valence-electron chi connectivity index (χ0n) is 12.3. The molecule has 7 nitrogen and oxygen atoms in total. The quantitative estimate of drug-likeness (QED) is 0.745. The topological polar surface area (TPSA) is 88.1 Å². The van der Waals surface area contributed by atoms with Crippen molar-refractivity contribution in [1.29, 1.82) is 0 Å². The van der Waals surface area contributed by atoms with E-state index in [9.17, 15) is 14.7 Å². The summed E-state index contributed by atoms with van der Waals surface area (Å²) in [6, 6.07) is -1.11. The second kappa shape index (κ2) is 8.06. The van der Waals surface area contributed by atoms with Gasteiger partial charge < -0.3 is 24.8 Å². The standard InChI is InChI=1S/C13H24N2O5/c1-9-4-5-15(11(6-9)12(16)17)13(18)14-7-10(20-3)8-19-2/h9-11H,4-8H2,1-3H3,(H,14,18)(H,16,17). The van der Waals surface area contributed by atoms with Gasteiger partial charge in [-0.15, -0.1) is 0 Å². The number of carbonyl (C=O) groups is 2. The molecule has 1 fully saturated rings. The Morgan fingerprint density at radius 1 is 1.45 bits per heavy atom. The molecule has 1 rings (SSSR count). The molecule has 116 valence electrons. The maximum atomic E-state index is 12.1. The number of hydrogen-bond acceptors (Lipinski definition) is 4. The van der Waals surface area contributed by atoms with Gasteiger partial charge in [0.1, 0.15) is 6.04 Å². The molecule has 7 heteroatoms. The lowest BCUT2D eigenvalue weighted by Crippen LogP contribution is -2.54. The minimum absolute atomic E-state index is 0.240. The first-order valence-electron chi connectivity index (χ1n) is 6.78. The molecule has 3 atom stereocenters. The molecule has 1 aliphatic rings. The number of ether oxygens (including phenoxy) is 2. The lowest BCUT2D eigenvalue weighted by atomic mass is 9.93. The molecule has 3 unspecified atom stereocenters. The van der Waals surface area contributed by atoms with E-state index in [1.165, 1.54) is 4.90 Å². The largest absolute Gasteiger partial charge is 0.480 e. The third-order valence-electron chi connectivity index (χ3n) is 3.58. The molecule has 0 saturated carbocycles. The monoisotopic (exact) mass is 288 g/mol. The average Bonchev–Trinajstić information content (AvgIpc) is 2.42. The number of methoxy groups -OCH3 is 2. The van der Waals surface area contributed by atoms with Crippen LogP contribution in [-0.4, -0.2) is 68.1 Å². The maximum absolute atomic E-state index is 12.1. The van der Waals surface area contributed by atoms with Gasteiger partial charge in [0.25, 0.3) is 0 Å². The molecule has 0 radical (unpaired) electrons. The number of aliphatic carboxylic acids is 1. The first-order chi connectivity index (χ1) is 9.49. The molecule has 20 heavy (non-hydrogen) atoms. The van der Waals surface area contributed by atoms with Crippen LogP contribution in [-0.2, 0) is 14.3 Å². The first-order valence-corrected chi connectivity index (χ1v) is 6.78. The normalized spacial score (nSPS) is 24.2. The van der Waals surface area contributed by atoms with E-state index in [-0.39, 0.29) is 12.1 Å². The molecule has 0 bridgehead atoms. The van der Waals surface area contributed by atoms with E-state index in [1.54, 1.807) is 14.2 Å². The summed E-state index contributed by atoms with van der Waals surface area (Å²) in [5.74, 6) is -0.632. The molecule has 2 amide bonds. The van der Waals surface area contributed by atoms with E-state index >= 15 is 0 Å². The van der Waals surface area contributed by atoms with Crippen LogP contribution in [0.15, 0.2) is 0 Å². The van der Waals surface area contributed by atoms with E-state index in [2.05, 4.69) is 5.32 Å². The van der Waals surface area contributed by atoms with Gasteiger partial charge in [-0.3, -0.25) is 0 Å². The second-order valence-electron chi connectivity index (χ2n) is 5.18. The van der Waals surface area contributed by atoms with Gasteiger partial charge in [0.2, 0.25) is 0 Å². The molecular formula is C13H24N2O5. The zero-order valence-corrected chi connectivity index (χ0v) is 12.3. The fraction of sp³-hybridized carbons (Fsp3) is 0.846. The van der Waals surface area contributed by atoms with Crippen molar-refractivity contribution in [1.82, 2.24) is 10.2 Å². The zero-order chi connectivity index (χ0) is 15.1. The van der Waals surface area contributed by atoms with Crippen molar-refractivity contribution >= 4 is 12.0 Å². The van der Waals surface area contributed by atoms with Crippen molar-refractivity contribution in [3.63, 3.8) is 0 Å². The smallest absolute Gasteiger partial charge is 0.326 e. The van der Waals surface area contributed by atoms with Crippen molar-refractivity contribution < 1.29 is 24.2 Å². The number of rotatable bonds is 6. The van der Waals surface area contributed by atoms with Gasteiger partial charge in [-0.2, -0.15) is 0 Å². The third kappa shape index (κ3) is 4.64. The van der Waals surface area contributed by atoms with Gasteiger partial charge in [-0.25, -0.2) is 9.59 Å². The summed E-state index contributed by atoms with van der Waals surface area (Å²) in [5.41, 5.74) is 0. The van der Waals surface area contributed by atoms with Gasteiger partial charge in [0.15, 0.2) is 0 Å². The summed E-state index contributed by atoms with van der Waals surface area (Å²) in [4.78, 5) is 24.7. The van der Waals surface area contributed by atoms with Gasteiger partial charge in [0, 0.05) is 27.3 Å². The number of likely N-dealkylation sites (tertiary alicyclic amines) is 1. The van der Waals surface area contributed by atoms with Gasteiger partial charge >= 0.3 is 12.0 Å². The van der Waals surface area contributed by atoms with Gasteiger partial charge in [-0.05, 0) is 18.8 Å². The third-order valence-corrected chi connectivity index (χ3v) is 3.58. The number of carbonyl (C=O) groups excluding carboxylic acids is 1. The summed E-state index contributed by atoms with van der Waals surface area (Å²) in [5, 5.41) is 11.9. The average molecular weight is 288 g/mol. The molecule has 2 N–H and O–H groups in total. The number of carboxylic acid groups (broad SMARTS) is 1. The summed E-state index contributed by atoms with van der Waals surface area (Å²) >= 11 is 0. The highest BCUT2D eigenvalue weighted by molar-refractivity contribution is 5.82. The molecule has 1 heterocycles. The molecule has 0 spiro atoms. The molecular weight excluding hydrogens is 264 g/mol. The Morgan fingerprint density at radius 3 is 2.70 bits per heavy atom. The van der Waals surface area contributed by atoms with E-state index in [4.69, 9.17) is 9.47 Å². The van der Waals surface area contributed by atoms with Gasteiger partial charge in [-0.1, -0.05) is 6.92 Å². The van der Waals surface area contributed by atoms with Gasteiger partial charge in [0.05, 0.1) is 12.7 Å².